The van der Waals surface area contributed by atoms with Gasteiger partial charge in [0.15, 0.2) is 0 Å². The molecule has 1 aromatic carbocycles. The van der Waals surface area contributed by atoms with E-state index in [1.54, 1.807) is 6.92 Å². The molecule has 0 saturated carbocycles. The highest BCUT2D eigenvalue weighted by molar-refractivity contribution is 5.88. The number of rotatable bonds is 3. The first-order valence-corrected chi connectivity index (χ1v) is 6.82. The van der Waals surface area contributed by atoms with E-state index < -0.39 is 5.97 Å². The van der Waals surface area contributed by atoms with E-state index in [9.17, 15) is 9.59 Å². The van der Waals surface area contributed by atoms with E-state index in [2.05, 4.69) is 4.98 Å². The van der Waals surface area contributed by atoms with Crippen molar-refractivity contribution >= 4 is 17.6 Å². The standard InChI is InChI=1S/C15H15N3O3/c1-2-21-14(20)12-10-16-15-17(8-9-18(15)13(12)19)11-6-4-3-5-7-11/h3-7,10H,2,8-9H2,1H3. The summed E-state index contributed by atoms with van der Waals surface area (Å²) in [4.78, 5) is 30.3. The molecule has 3 rings (SSSR count). The zero-order chi connectivity index (χ0) is 14.8. The van der Waals surface area contributed by atoms with Crippen LogP contribution in [0.3, 0.4) is 0 Å². The van der Waals surface area contributed by atoms with Crippen LogP contribution in [0.25, 0.3) is 0 Å². The van der Waals surface area contributed by atoms with Gasteiger partial charge in [0.25, 0.3) is 5.56 Å². The van der Waals surface area contributed by atoms with Crippen molar-refractivity contribution < 1.29 is 9.53 Å². The molecule has 0 spiro atoms. The van der Waals surface area contributed by atoms with Crippen molar-refractivity contribution in [3.63, 3.8) is 0 Å². The Kier molecular flexibility index (Phi) is 3.43. The van der Waals surface area contributed by atoms with E-state index >= 15 is 0 Å². The molecule has 6 nitrogen and oxygen atoms in total. The zero-order valence-corrected chi connectivity index (χ0v) is 11.7. The van der Waals surface area contributed by atoms with Crippen LogP contribution in [-0.4, -0.2) is 28.7 Å². The first kappa shape index (κ1) is 13.4. The normalized spacial score (nSPS) is 13.1. The maximum absolute atomic E-state index is 12.3. The van der Waals surface area contributed by atoms with Gasteiger partial charge in [-0.05, 0) is 19.1 Å². The van der Waals surface area contributed by atoms with Gasteiger partial charge in [-0.3, -0.25) is 9.36 Å². The fourth-order valence-corrected chi connectivity index (χ4v) is 2.40. The number of fused-ring (bicyclic) bond motifs is 1. The molecule has 0 N–H and O–H groups in total. The number of carbonyl (C=O) groups excluding carboxylic acids is 1. The molecule has 108 valence electrons. The van der Waals surface area contributed by atoms with Crippen LogP contribution >= 0.6 is 0 Å². The number of ether oxygens (including phenoxy) is 1. The van der Waals surface area contributed by atoms with E-state index in [-0.39, 0.29) is 17.7 Å². The van der Waals surface area contributed by atoms with Gasteiger partial charge in [-0.1, -0.05) is 18.2 Å². The molecule has 0 fully saturated rings. The summed E-state index contributed by atoms with van der Waals surface area (Å²) in [5.41, 5.74) is 0.604. The largest absolute Gasteiger partial charge is 0.462 e. The summed E-state index contributed by atoms with van der Waals surface area (Å²) >= 11 is 0. The monoisotopic (exact) mass is 285 g/mol. The summed E-state index contributed by atoms with van der Waals surface area (Å²) in [7, 11) is 0. The first-order chi connectivity index (χ1) is 10.2. The number of para-hydroxylation sites is 1. The Balaban J connectivity index is 2.01. The molecule has 6 heteroatoms. The van der Waals surface area contributed by atoms with E-state index in [0.717, 1.165) is 5.69 Å². The van der Waals surface area contributed by atoms with Crippen LogP contribution in [0.1, 0.15) is 17.3 Å². The third-order valence-electron chi connectivity index (χ3n) is 3.38. The Bertz CT molecular complexity index is 725. The molecule has 0 atom stereocenters. The average molecular weight is 285 g/mol. The lowest BCUT2D eigenvalue weighted by Gasteiger charge is -2.16. The van der Waals surface area contributed by atoms with Crippen molar-refractivity contribution in [1.29, 1.82) is 0 Å². The molecule has 0 unspecified atom stereocenters. The molecular weight excluding hydrogens is 270 g/mol. The van der Waals surface area contributed by atoms with Crippen LogP contribution in [0.5, 0.6) is 0 Å². The molecule has 1 aromatic heterocycles. The van der Waals surface area contributed by atoms with Gasteiger partial charge in [-0.2, -0.15) is 0 Å². The lowest BCUT2D eigenvalue weighted by atomic mass is 10.3. The van der Waals surface area contributed by atoms with Crippen molar-refractivity contribution in [2.45, 2.75) is 13.5 Å². The second-order valence-electron chi connectivity index (χ2n) is 4.64. The maximum atomic E-state index is 12.3. The van der Waals surface area contributed by atoms with E-state index in [0.29, 0.717) is 19.0 Å². The SMILES string of the molecule is CCOC(=O)c1cnc2n(c1=O)CCN2c1ccccc1. The number of hydrogen-bond acceptors (Lipinski definition) is 5. The minimum absolute atomic E-state index is 0.0180. The summed E-state index contributed by atoms with van der Waals surface area (Å²) in [5, 5.41) is 0. The molecule has 0 amide bonds. The third kappa shape index (κ3) is 2.29. The summed E-state index contributed by atoms with van der Waals surface area (Å²) in [6.45, 7) is 3.09. The number of anilines is 2. The highest BCUT2D eigenvalue weighted by Gasteiger charge is 2.26. The molecule has 2 aromatic rings. The molecule has 0 bridgehead atoms. The van der Waals surface area contributed by atoms with E-state index in [1.807, 2.05) is 35.2 Å². The Labute approximate surface area is 121 Å². The number of carbonyl (C=O) groups is 1. The fourth-order valence-electron chi connectivity index (χ4n) is 2.40. The molecular formula is C15H15N3O3. The molecule has 0 aliphatic carbocycles. The zero-order valence-electron chi connectivity index (χ0n) is 11.7. The van der Waals surface area contributed by atoms with Gasteiger partial charge in [0.05, 0.1) is 12.8 Å². The molecule has 0 radical (unpaired) electrons. The Morgan fingerprint density at radius 1 is 1.29 bits per heavy atom. The molecule has 21 heavy (non-hydrogen) atoms. The maximum Gasteiger partial charge on any atom is 0.345 e. The van der Waals surface area contributed by atoms with Gasteiger partial charge in [0.1, 0.15) is 5.56 Å². The predicted molar refractivity (Wildman–Crippen MR) is 77.9 cm³/mol. The van der Waals surface area contributed by atoms with E-state index in [1.165, 1.54) is 10.8 Å². The molecule has 1 aliphatic rings. The average Bonchev–Trinajstić information content (AvgIpc) is 2.93. The van der Waals surface area contributed by atoms with Gasteiger partial charge in [0.2, 0.25) is 5.95 Å². The number of nitrogens with zero attached hydrogens (tertiary/aromatic N) is 3. The van der Waals surface area contributed by atoms with Crippen LogP contribution < -0.4 is 10.5 Å². The van der Waals surface area contributed by atoms with E-state index in [4.69, 9.17) is 4.74 Å². The number of aromatic nitrogens is 2. The summed E-state index contributed by atoms with van der Waals surface area (Å²) in [6, 6.07) is 9.72. The highest BCUT2D eigenvalue weighted by Crippen LogP contribution is 2.26. The lowest BCUT2D eigenvalue weighted by molar-refractivity contribution is 0.0523. The van der Waals surface area contributed by atoms with Gasteiger partial charge < -0.3 is 9.64 Å². The smallest absolute Gasteiger partial charge is 0.345 e. The lowest BCUT2D eigenvalue weighted by Crippen LogP contribution is -2.27. The van der Waals surface area contributed by atoms with Crippen LogP contribution in [0, 0.1) is 0 Å². The molecule has 1 aliphatic heterocycles. The van der Waals surface area contributed by atoms with Crippen molar-refractivity contribution in [3.05, 3.63) is 52.4 Å². The molecule has 2 heterocycles. The van der Waals surface area contributed by atoms with Crippen molar-refractivity contribution in [3.8, 4) is 0 Å². The Morgan fingerprint density at radius 2 is 2.05 bits per heavy atom. The van der Waals surface area contributed by atoms with Gasteiger partial charge in [-0.15, -0.1) is 0 Å². The van der Waals surface area contributed by atoms with Crippen LogP contribution in [-0.2, 0) is 11.3 Å². The second-order valence-corrected chi connectivity index (χ2v) is 4.64. The fraction of sp³-hybridized carbons (Fsp3) is 0.267. The van der Waals surface area contributed by atoms with Crippen molar-refractivity contribution in [2.75, 3.05) is 18.1 Å². The topological polar surface area (TPSA) is 64.4 Å². The van der Waals surface area contributed by atoms with Crippen molar-refractivity contribution in [1.82, 2.24) is 9.55 Å². The predicted octanol–water partition coefficient (Wildman–Crippen LogP) is 1.57. The quantitative estimate of drug-likeness (QED) is 0.801. The number of esters is 1. The first-order valence-electron chi connectivity index (χ1n) is 6.82. The summed E-state index contributed by atoms with van der Waals surface area (Å²) in [6.07, 6.45) is 1.30. The summed E-state index contributed by atoms with van der Waals surface area (Å²) in [5.74, 6) is -0.0669. The second kappa shape index (κ2) is 5.40. The van der Waals surface area contributed by atoms with Crippen molar-refractivity contribution in [2.24, 2.45) is 0 Å². The van der Waals surface area contributed by atoms with Crippen LogP contribution in [0.4, 0.5) is 11.6 Å². The molecule has 0 saturated heterocycles. The Morgan fingerprint density at radius 3 is 2.76 bits per heavy atom. The minimum Gasteiger partial charge on any atom is -0.462 e. The van der Waals surface area contributed by atoms with Gasteiger partial charge in [0, 0.05) is 18.8 Å². The van der Waals surface area contributed by atoms with Crippen LogP contribution in [0.2, 0.25) is 0 Å². The Hall–Kier alpha value is -2.63. The summed E-state index contributed by atoms with van der Waals surface area (Å²) < 4.78 is 6.39. The minimum atomic E-state index is -0.622. The number of benzene rings is 1. The van der Waals surface area contributed by atoms with Gasteiger partial charge >= 0.3 is 5.97 Å². The van der Waals surface area contributed by atoms with Gasteiger partial charge in [-0.25, -0.2) is 9.78 Å². The van der Waals surface area contributed by atoms with Crippen LogP contribution in [0.15, 0.2) is 41.3 Å². The number of hydrogen-bond donors (Lipinski definition) is 0. The highest BCUT2D eigenvalue weighted by atomic mass is 16.5. The third-order valence-corrected chi connectivity index (χ3v) is 3.38.